The molecule has 0 saturated carbocycles. The van der Waals surface area contributed by atoms with E-state index in [0.29, 0.717) is 17.9 Å². The van der Waals surface area contributed by atoms with Crippen LogP contribution in [0.4, 0.5) is 10.1 Å². The molecule has 0 bridgehead atoms. The second kappa shape index (κ2) is 5.51. The summed E-state index contributed by atoms with van der Waals surface area (Å²) in [5, 5.41) is 2.98. The van der Waals surface area contributed by atoms with Crippen LogP contribution in [0.5, 0.6) is 0 Å². The highest BCUT2D eigenvalue weighted by molar-refractivity contribution is 5.84. The predicted octanol–water partition coefficient (Wildman–Crippen LogP) is 1.68. The van der Waals surface area contributed by atoms with E-state index in [1.807, 2.05) is 11.5 Å². The molecule has 2 rings (SSSR count). The molecule has 6 heteroatoms. The fourth-order valence-corrected chi connectivity index (χ4v) is 1.84. The molecule has 1 unspecified atom stereocenters. The normalized spacial score (nSPS) is 12.1. The quantitative estimate of drug-likeness (QED) is 0.861. The maximum absolute atomic E-state index is 12.8. The van der Waals surface area contributed by atoms with E-state index in [-0.39, 0.29) is 5.82 Å². The molecule has 0 aliphatic rings. The van der Waals surface area contributed by atoms with Gasteiger partial charge in [-0.15, -0.1) is 0 Å². The summed E-state index contributed by atoms with van der Waals surface area (Å²) in [6.07, 6.45) is 3.23. The first-order chi connectivity index (χ1) is 9.11. The first-order valence-corrected chi connectivity index (χ1v) is 5.93. The summed E-state index contributed by atoms with van der Waals surface area (Å²) in [5.74, 6) is -0.848. The van der Waals surface area contributed by atoms with Gasteiger partial charge in [0.15, 0.2) is 0 Å². The van der Waals surface area contributed by atoms with Crippen LogP contribution < -0.4 is 11.1 Å². The summed E-state index contributed by atoms with van der Waals surface area (Å²) < 4.78 is 14.7. The number of halogens is 1. The van der Waals surface area contributed by atoms with E-state index in [0.717, 1.165) is 0 Å². The van der Waals surface area contributed by atoms with Gasteiger partial charge in [0.2, 0.25) is 5.91 Å². The summed E-state index contributed by atoms with van der Waals surface area (Å²) in [6, 6.07) is 5.04. The van der Waals surface area contributed by atoms with Crippen LogP contribution in [0.25, 0.3) is 0 Å². The fraction of sp³-hybridized carbons (Fsp3) is 0.231. The molecule has 19 heavy (non-hydrogen) atoms. The van der Waals surface area contributed by atoms with Crippen molar-refractivity contribution in [3.05, 3.63) is 48.3 Å². The molecule has 1 aromatic carbocycles. The zero-order chi connectivity index (χ0) is 13.8. The summed E-state index contributed by atoms with van der Waals surface area (Å²) in [6.45, 7) is 2.63. The largest absolute Gasteiger partial charge is 0.369 e. The lowest BCUT2D eigenvalue weighted by Crippen LogP contribution is -2.29. The standard InChI is InChI=1S/C13H15FN4O/c1-2-18-8-16-7-11(18)12(13(15)19)17-10-5-3-9(14)4-6-10/h3-8,12,17H,2H2,1H3,(H2,15,19). The van der Waals surface area contributed by atoms with Gasteiger partial charge in [0, 0.05) is 12.2 Å². The van der Waals surface area contributed by atoms with E-state index in [4.69, 9.17) is 5.73 Å². The number of hydrogen-bond acceptors (Lipinski definition) is 3. The van der Waals surface area contributed by atoms with Crippen LogP contribution in [0.1, 0.15) is 18.7 Å². The molecule has 1 aromatic heterocycles. The average molecular weight is 262 g/mol. The number of amides is 1. The molecular weight excluding hydrogens is 247 g/mol. The third-order valence-corrected chi connectivity index (χ3v) is 2.82. The Bertz CT molecular complexity index is 564. The number of primary amides is 1. The van der Waals surface area contributed by atoms with Gasteiger partial charge >= 0.3 is 0 Å². The van der Waals surface area contributed by atoms with Crippen LogP contribution in [0, 0.1) is 5.82 Å². The van der Waals surface area contributed by atoms with E-state index >= 15 is 0 Å². The maximum atomic E-state index is 12.8. The van der Waals surface area contributed by atoms with Crippen molar-refractivity contribution in [2.45, 2.75) is 19.5 Å². The van der Waals surface area contributed by atoms with Crippen LogP contribution in [0.2, 0.25) is 0 Å². The second-order valence-electron chi connectivity index (χ2n) is 4.09. The van der Waals surface area contributed by atoms with Gasteiger partial charge in [0.25, 0.3) is 0 Å². The van der Waals surface area contributed by atoms with Crippen LogP contribution in [0.3, 0.4) is 0 Å². The lowest BCUT2D eigenvalue weighted by atomic mass is 10.2. The number of hydrogen-bond donors (Lipinski definition) is 2. The fourth-order valence-electron chi connectivity index (χ4n) is 1.84. The number of rotatable bonds is 5. The molecule has 0 spiro atoms. The monoisotopic (exact) mass is 262 g/mol. The molecule has 0 aliphatic heterocycles. The van der Waals surface area contributed by atoms with Gasteiger partial charge in [0.1, 0.15) is 11.9 Å². The molecule has 1 atom stereocenters. The number of imidazole rings is 1. The highest BCUT2D eigenvalue weighted by Crippen LogP contribution is 2.19. The zero-order valence-electron chi connectivity index (χ0n) is 10.5. The number of nitrogens with zero attached hydrogens (tertiary/aromatic N) is 2. The molecule has 0 radical (unpaired) electrons. The van der Waals surface area contributed by atoms with Gasteiger partial charge in [-0.1, -0.05) is 0 Å². The average Bonchev–Trinajstić information content (AvgIpc) is 2.85. The highest BCUT2D eigenvalue weighted by atomic mass is 19.1. The maximum Gasteiger partial charge on any atom is 0.246 e. The number of anilines is 1. The van der Waals surface area contributed by atoms with Crippen molar-refractivity contribution in [2.24, 2.45) is 5.73 Å². The Morgan fingerprint density at radius 3 is 2.74 bits per heavy atom. The Morgan fingerprint density at radius 1 is 1.47 bits per heavy atom. The third kappa shape index (κ3) is 2.90. The first-order valence-electron chi connectivity index (χ1n) is 5.93. The van der Waals surface area contributed by atoms with Crippen LogP contribution in [0.15, 0.2) is 36.8 Å². The molecule has 0 saturated heterocycles. The smallest absolute Gasteiger partial charge is 0.246 e. The third-order valence-electron chi connectivity index (χ3n) is 2.82. The van der Waals surface area contributed by atoms with Crippen molar-refractivity contribution in [2.75, 3.05) is 5.32 Å². The SMILES string of the molecule is CCn1cncc1C(Nc1ccc(F)cc1)C(N)=O. The van der Waals surface area contributed by atoms with E-state index in [1.165, 1.54) is 12.1 Å². The van der Waals surface area contributed by atoms with Gasteiger partial charge in [-0.3, -0.25) is 4.79 Å². The Morgan fingerprint density at radius 2 is 2.16 bits per heavy atom. The minimum atomic E-state index is -0.701. The zero-order valence-corrected chi connectivity index (χ0v) is 10.5. The van der Waals surface area contributed by atoms with Crippen LogP contribution in [-0.4, -0.2) is 15.5 Å². The lowest BCUT2D eigenvalue weighted by molar-refractivity contribution is -0.119. The van der Waals surface area contributed by atoms with Crippen LogP contribution >= 0.6 is 0 Å². The van der Waals surface area contributed by atoms with Crippen molar-refractivity contribution >= 4 is 11.6 Å². The van der Waals surface area contributed by atoms with E-state index in [2.05, 4.69) is 10.3 Å². The van der Waals surface area contributed by atoms with Gasteiger partial charge < -0.3 is 15.6 Å². The molecule has 3 N–H and O–H groups in total. The number of nitrogens with two attached hydrogens (primary N) is 1. The number of aromatic nitrogens is 2. The van der Waals surface area contributed by atoms with Crippen molar-refractivity contribution in [1.82, 2.24) is 9.55 Å². The molecule has 2 aromatic rings. The number of benzene rings is 1. The first kappa shape index (κ1) is 13.1. The van der Waals surface area contributed by atoms with Crippen molar-refractivity contribution in [1.29, 1.82) is 0 Å². The molecule has 1 amide bonds. The van der Waals surface area contributed by atoms with Gasteiger partial charge in [0.05, 0.1) is 18.2 Å². The molecule has 5 nitrogen and oxygen atoms in total. The second-order valence-corrected chi connectivity index (χ2v) is 4.09. The number of aryl methyl sites for hydroxylation is 1. The van der Waals surface area contributed by atoms with E-state index in [1.54, 1.807) is 24.7 Å². The topological polar surface area (TPSA) is 72.9 Å². The molecule has 0 fully saturated rings. The number of nitrogens with one attached hydrogen (secondary N) is 1. The Kier molecular flexibility index (Phi) is 3.79. The van der Waals surface area contributed by atoms with E-state index < -0.39 is 11.9 Å². The molecule has 0 aliphatic carbocycles. The molecule has 1 heterocycles. The summed E-state index contributed by atoms with van der Waals surface area (Å²) in [7, 11) is 0. The molecule has 100 valence electrons. The summed E-state index contributed by atoms with van der Waals surface area (Å²) in [4.78, 5) is 15.6. The van der Waals surface area contributed by atoms with Crippen LogP contribution in [-0.2, 0) is 11.3 Å². The predicted molar refractivity (Wildman–Crippen MR) is 69.9 cm³/mol. The Hall–Kier alpha value is -2.37. The number of carbonyl (C=O) groups excluding carboxylic acids is 1. The van der Waals surface area contributed by atoms with Crippen molar-refractivity contribution < 1.29 is 9.18 Å². The Labute approximate surface area is 110 Å². The minimum Gasteiger partial charge on any atom is -0.369 e. The van der Waals surface area contributed by atoms with Crippen molar-refractivity contribution in [3.63, 3.8) is 0 Å². The lowest BCUT2D eigenvalue weighted by Gasteiger charge is -2.18. The summed E-state index contributed by atoms with van der Waals surface area (Å²) >= 11 is 0. The van der Waals surface area contributed by atoms with Gasteiger partial charge in [-0.05, 0) is 31.2 Å². The Balaban J connectivity index is 2.26. The number of carbonyl (C=O) groups is 1. The highest BCUT2D eigenvalue weighted by Gasteiger charge is 2.21. The van der Waals surface area contributed by atoms with Crippen molar-refractivity contribution in [3.8, 4) is 0 Å². The van der Waals surface area contributed by atoms with E-state index in [9.17, 15) is 9.18 Å². The summed E-state index contributed by atoms with van der Waals surface area (Å²) in [5.41, 5.74) is 6.71. The van der Waals surface area contributed by atoms with Gasteiger partial charge in [-0.2, -0.15) is 0 Å². The minimum absolute atomic E-state index is 0.334. The van der Waals surface area contributed by atoms with Gasteiger partial charge in [-0.25, -0.2) is 9.37 Å². The molecular formula is C13H15FN4O.